The smallest absolute Gasteiger partial charge is 0.121 e. The van der Waals surface area contributed by atoms with Gasteiger partial charge < -0.3 is 5.32 Å². The molecule has 0 aliphatic heterocycles. The summed E-state index contributed by atoms with van der Waals surface area (Å²) in [6.07, 6.45) is 0. The van der Waals surface area contributed by atoms with E-state index in [-0.39, 0.29) is 0 Å². The van der Waals surface area contributed by atoms with Crippen LogP contribution in [0.15, 0.2) is 4.60 Å². The minimum Gasteiger partial charge on any atom is -0.315 e. The van der Waals surface area contributed by atoms with Gasteiger partial charge >= 0.3 is 0 Å². The number of halogens is 1. The van der Waals surface area contributed by atoms with Crippen LogP contribution in [0.2, 0.25) is 0 Å². The van der Waals surface area contributed by atoms with Crippen LogP contribution in [-0.2, 0) is 6.54 Å². The van der Waals surface area contributed by atoms with E-state index in [1.54, 1.807) is 11.3 Å². The lowest BCUT2D eigenvalue weighted by Crippen LogP contribution is -2.03. The highest BCUT2D eigenvalue weighted by Crippen LogP contribution is 2.22. The summed E-state index contributed by atoms with van der Waals surface area (Å²) in [5, 5.41) is 4.19. The first kappa shape index (κ1) is 8.17. The van der Waals surface area contributed by atoms with Gasteiger partial charge in [0, 0.05) is 6.54 Å². The van der Waals surface area contributed by atoms with Crippen molar-refractivity contribution >= 4 is 27.3 Å². The Bertz CT molecular complexity index is 222. The SMILES string of the molecule is CNCc1sc(C)nc1Br. The fraction of sp³-hybridized carbons (Fsp3) is 0.500. The first-order chi connectivity index (χ1) is 4.74. The van der Waals surface area contributed by atoms with Crippen molar-refractivity contribution < 1.29 is 0 Å². The van der Waals surface area contributed by atoms with Crippen LogP contribution in [0.5, 0.6) is 0 Å². The normalized spacial score (nSPS) is 10.3. The second kappa shape index (κ2) is 3.46. The lowest BCUT2D eigenvalue weighted by molar-refractivity contribution is 0.825. The Hall–Kier alpha value is 0.0700. The third-order valence-corrected chi connectivity index (χ3v) is 2.98. The number of aromatic nitrogens is 1. The van der Waals surface area contributed by atoms with Crippen molar-refractivity contribution in [2.75, 3.05) is 7.05 Å². The van der Waals surface area contributed by atoms with Crippen LogP contribution < -0.4 is 5.32 Å². The van der Waals surface area contributed by atoms with Crippen molar-refractivity contribution in [1.82, 2.24) is 10.3 Å². The average Bonchev–Trinajstić information content (AvgIpc) is 2.13. The van der Waals surface area contributed by atoms with Crippen LogP contribution in [0.3, 0.4) is 0 Å². The number of rotatable bonds is 2. The van der Waals surface area contributed by atoms with E-state index in [2.05, 4.69) is 26.2 Å². The van der Waals surface area contributed by atoms with E-state index in [4.69, 9.17) is 0 Å². The summed E-state index contributed by atoms with van der Waals surface area (Å²) in [6.45, 7) is 2.90. The van der Waals surface area contributed by atoms with Crippen molar-refractivity contribution in [2.45, 2.75) is 13.5 Å². The molecule has 0 atom stereocenters. The minimum atomic E-state index is 0.895. The van der Waals surface area contributed by atoms with Crippen LogP contribution in [0.4, 0.5) is 0 Å². The number of hydrogen-bond donors (Lipinski definition) is 1. The molecule has 4 heteroatoms. The zero-order chi connectivity index (χ0) is 7.56. The van der Waals surface area contributed by atoms with E-state index in [1.807, 2.05) is 14.0 Å². The van der Waals surface area contributed by atoms with Gasteiger partial charge in [-0.3, -0.25) is 0 Å². The van der Waals surface area contributed by atoms with E-state index in [0.717, 1.165) is 16.2 Å². The molecule has 56 valence electrons. The lowest BCUT2D eigenvalue weighted by atomic mass is 10.5. The molecule has 0 spiro atoms. The van der Waals surface area contributed by atoms with Gasteiger partial charge in [-0.1, -0.05) is 0 Å². The summed E-state index contributed by atoms with van der Waals surface area (Å²) in [5.74, 6) is 0. The number of thiazole rings is 1. The second-order valence-corrected chi connectivity index (χ2v) is 4.02. The number of nitrogens with zero attached hydrogens (tertiary/aromatic N) is 1. The standard InChI is InChI=1S/C6H9BrN2S/c1-4-9-6(7)5(10-4)3-8-2/h8H,3H2,1-2H3. The van der Waals surface area contributed by atoms with Gasteiger partial charge in [-0.25, -0.2) is 4.98 Å². The highest BCUT2D eigenvalue weighted by Gasteiger charge is 2.03. The molecule has 0 aliphatic carbocycles. The van der Waals surface area contributed by atoms with Gasteiger partial charge in [-0.2, -0.15) is 0 Å². The van der Waals surface area contributed by atoms with Crippen LogP contribution in [0, 0.1) is 6.92 Å². The Morgan fingerprint density at radius 2 is 2.40 bits per heavy atom. The molecule has 1 rings (SSSR count). The first-order valence-corrected chi connectivity index (χ1v) is 4.61. The van der Waals surface area contributed by atoms with Crippen molar-refractivity contribution in [3.8, 4) is 0 Å². The molecular weight excluding hydrogens is 212 g/mol. The monoisotopic (exact) mass is 220 g/mol. The topological polar surface area (TPSA) is 24.9 Å². The molecule has 0 fully saturated rings. The van der Waals surface area contributed by atoms with Crippen molar-refractivity contribution in [3.63, 3.8) is 0 Å². The fourth-order valence-electron chi connectivity index (χ4n) is 0.713. The van der Waals surface area contributed by atoms with Gasteiger partial charge in [-0.05, 0) is 29.9 Å². The van der Waals surface area contributed by atoms with Gasteiger partial charge in [0.25, 0.3) is 0 Å². The van der Waals surface area contributed by atoms with E-state index >= 15 is 0 Å². The fourth-order valence-corrected chi connectivity index (χ4v) is 2.32. The number of hydrogen-bond acceptors (Lipinski definition) is 3. The predicted molar refractivity (Wildman–Crippen MR) is 47.3 cm³/mol. The molecule has 1 aromatic heterocycles. The number of aryl methyl sites for hydroxylation is 1. The van der Waals surface area contributed by atoms with Gasteiger partial charge in [0.1, 0.15) is 4.60 Å². The highest BCUT2D eigenvalue weighted by atomic mass is 79.9. The molecule has 10 heavy (non-hydrogen) atoms. The maximum absolute atomic E-state index is 4.22. The summed E-state index contributed by atoms with van der Waals surface area (Å²) in [6, 6.07) is 0. The molecule has 0 bridgehead atoms. The minimum absolute atomic E-state index is 0.895. The van der Waals surface area contributed by atoms with Gasteiger partial charge in [0.05, 0.1) is 9.88 Å². The summed E-state index contributed by atoms with van der Waals surface area (Å²) < 4.78 is 0.976. The zero-order valence-corrected chi connectivity index (χ0v) is 8.34. The molecule has 1 aromatic rings. The lowest BCUT2D eigenvalue weighted by Gasteiger charge is -1.91. The Morgan fingerprint density at radius 1 is 1.70 bits per heavy atom. The first-order valence-electron chi connectivity index (χ1n) is 3.00. The molecule has 0 unspecified atom stereocenters. The molecule has 0 aromatic carbocycles. The largest absolute Gasteiger partial charge is 0.315 e. The quantitative estimate of drug-likeness (QED) is 0.825. The van der Waals surface area contributed by atoms with Crippen molar-refractivity contribution in [1.29, 1.82) is 0 Å². The van der Waals surface area contributed by atoms with E-state index in [1.165, 1.54) is 4.88 Å². The molecule has 0 radical (unpaired) electrons. The van der Waals surface area contributed by atoms with Crippen LogP contribution >= 0.6 is 27.3 Å². The highest BCUT2D eigenvalue weighted by molar-refractivity contribution is 9.10. The summed E-state index contributed by atoms with van der Waals surface area (Å²) in [4.78, 5) is 5.49. The third kappa shape index (κ3) is 1.78. The third-order valence-electron chi connectivity index (χ3n) is 1.09. The Kier molecular flexibility index (Phi) is 2.82. The van der Waals surface area contributed by atoms with Gasteiger partial charge in [-0.15, -0.1) is 11.3 Å². The van der Waals surface area contributed by atoms with Crippen molar-refractivity contribution in [3.05, 3.63) is 14.5 Å². The van der Waals surface area contributed by atoms with Crippen LogP contribution in [0.1, 0.15) is 9.88 Å². The zero-order valence-electron chi connectivity index (χ0n) is 5.94. The maximum Gasteiger partial charge on any atom is 0.121 e. The van der Waals surface area contributed by atoms with E-state index in [9.17, 15) is 0 Å². The molecule has 2 nitrogen and oxygen atoms in total. The molecule has 0 amide bonds. The molecule has 0 saturated heterocycles. The van der Waals surface area contributed by atoms with E-state index < -0.39 is 0 Å². The van der Waals surface area contributed by atoms with Gasteiger partial charge in [0.15, 0.2) is 0 Å². The molecule has 0 aliphatic rings. The van der Waals surface area contributed by atoms with Gasteiger partial charge in [0.2, 0.25) is 0 Å². The predicted octanol–water partition coefficient (Wildman–Crippen LogP) is 1.93. The molecular formula is C6H9BrN2S. The van der Waals surface area contributed by atoms with Crippen molar-refractivity contribution in [2.24, 2.45) is 0 Å². The summed E-state index contributed by atoms with van der Waals surface area (Å²) >= 11 is 5.10. The van der Waals surface area contributed by atoms with Crippen LogP contribution in [0.25, 0.3) is 0 Å². The summed E-state index contributed by atoms with van der Waals surface area (Å²) in [7, 11) is 1.93. The Morgan fingerprint density at radius 3 is 2.80 bits per heavy atom. The van der Waals surface area contributed by atoms with Crippen LogP contribution in [-0.4, -0.2) is 12.0 Å². The number of nitrogens with one attached hydrogen (secondary N) is 1. The second-order valence-electron chi connectivity index (χ2n) is 1.98. The average molecular weight is 221 g/mol. The molecule has 1 heterocycles. The Balaban J connectivity index is 2.81. The summed E-state index contributed by atoms with van der Waals surface area (Å²) in [5.41, 5.74) is 0. The Labute approximate surface area is 72.8 Å². The molecule has 0 saturated carbocycles. The van der Waals surface area contributed by atoms with E-state index in [0.29, 0.717) is 0 Å². The maximum atomic E-state index is 4.22. The molecule has 1 N–H and O–H groups in total.